The van der Waals surface area contributed by atoms with Crippen molar-refractivity contribution in [3.8, 4) is 17.2 Å². The van der Waals surface area contributed by atoms with E-state index in [1.54, 1.807) is 19.2 Å². The van der Waals surface area contributed by atoms with Crippen molar-refractivity contribution < 1.29 is 14.2 Å². The van der Waals surface area contributed by atoms with E-state index < -0.39 is 0 Å². The molecule has 4 heteroatoms. The van der Waals surface area contributed by atoms with E-state index in [-0.39, 0.29) is 0 Å². The number of rotatable bonds is 7. The quantitative estimate of drug-likeness (QED) is 0.627. The van der Waals surface area contributed by atoms with Crippen molar-refractivity contribution in [3.05, 3.63) is 48.0 Å². The Morgan fingerprint density at radius 2 is 1.76 bits per heavy atom. The number of anilines is 1. The fourth-order valence-electron chi connectivity index (χ4n) is 1.95. The minimum absolute atomic E-state index is 0.437. The zero-order valence-electron chi connectivity index (χ0n) is 12.5. The smallest absolute Gasteiger partial charge is 0.142 e. The molecule has 0 spiro atoms. The molecule has 0 heterocycles. The molecule has 2 aromatic rings. The van der Waals surface area contributed by atoms with Gasteiger partial charge in [0.25, 0.3) is 0 Å². The number of ether oxygens (including phenoxy) is 3. The largest absolute Gasteiger partial charge is 0.497 e. The van der Waals surface area contributed by atoms with E-state index in [2.05, 4.69) is 13.0 Å². The molecule has 0 fully saturated rings. The van der Waals surface area contributed by atoms with E-state index in [4.69, 9.17) is 19.9 Å². The van der Waals surface area contributed by atoms with Crippen LogP contribution in [0.25, 0.3) is 0 Å². The molecule has 2 rings (SSSR count). The van der Waals surface area contributed by atoms with Crippen LogP contribution in [0.3, 0.4) is 0 Å². The Kier molecular flexibility index (Phi) is 5.32. The van der Waals surface area contributed by atoms with Crippen molar-refractivity contribution in [1.82, 2.24) is 0 Å². The highest BCUT2D eigenvalue weighted by Gasteiger charge is 2.02. The maximum Gasteiger partial charge on any atom is 0.142 e. The molecule has 0 radical (unpaired) electrons. The van der Waals surface area contributed by atoms with Gasteiger partial charge in [-0.15, -0.1) is 0 Å². The highest BCUT2D eigenvalue weighted by molar-refractivity contribution is 5.56. The van der Waals surface area contributed by atoms with E-state index in [9.17, 15) is 0 Å². The molecule has 112 valence electrons. The Balaban J connectivity index is 1.81. The Bertz CT molecular complexity index is 584. The number of aryl methyl sites for hydroxylation is 1. The lowest BCUT2D eigenvalue weighted by Gasteiger charge is -2.11. The van der Waals surface area contributed by atoms with Gasteiger partial charge in [-0.05, 0) is 36.2 Å². The Morgan fingerprint density at radius 3 is 2.48 bits per heavy atom. The van der Waals surface area contributed by atoms with Crippen LogP contribution in [0.5, 0.6) is 17.2 Å². The van der Waals surface area contributed by atoms with Gasteiger partial charge in [0.05, 0.1) is 12.8 Å². The van der Waals surface area contributed by atoms with Crippen LogP contribution in [0.1, 0.15) is 12.5 Å². The molecule has 0 atom stereocenters. The average molecular weight is 287 g/mol. The first-order valence-electron chi connectivity index (χ1n) is 7.01. The summed E-state index contributed by atoms with van der Waals surface area (Å²) >= 11 is 0. The first-order chi connectivity index (χ1) is 10.2. The van der Waals surface area contributed by atoms with Crippen molar-refractivity contribution in [2.24, 2.45) is 0 Å². The van der Waals surface area contributed by atoms with Crippen molar-refractivity contribution in [3.63, 3.8) is 0 Å². The maximum atomic E-state index is 5.88. The lowest BCUT2D eigenvalue weighted by molar-refractivity contribution is 0.217. The summed E-state index contributed by atoms with van der Waals surface area (Å²) in [4.78, 5) is 0. The Morgan fingerprint density at radius 1 is 0.952 bits per heavy atom. The van der Waals surface area contributed by atoms with Gasteiger partial charge in [0, 0.05) is 6.07 Å². The van der Waals surface area contributed by atoms with Gasteiger partial charge in [-0.25, -0.2) is 0 Å². The van der Waals surface area contributed by atoms with E-state index in [1.165, 1.54) is 5.56 Å². The lowest BCUT2D eigenvalue weighted by Crippen LogP contribution is -2.10. The van der Waals surface area contributed by atoms with Crippen molar-refractivity contribution in [2.75, 3.05) is 26.1 Å². The normalized spacial score (nSPS) is 10.2. The highest BCUT2D eigenvalue weighted by atomic mass is 16.5. The van der Waals surface area contributed by atoms with Crippen LogP contribution in [0.2, 0.25) is 0 Å². The predicted octanol–water partition coefficient (Wildman–Crippen LogP) is 3.30. The molecule has 4 nitrogen and oxygen atoms in total. The minimum atomic E-state index is 0.437. The van der Waals surface area contributed by atoms with Crippen molar-refractivity contribution in [1.29, 1.82) is 0 Å². The minimum Gasteiger partial charge on any atom is -0.497 e. The highest BCUT2D eigenvalue weighted by Crippen LogP contribution is 2.26. The first-order valence-corrected chi connectivity index (χ1v) is 7.01. The van der Waals surface area contributed by atoms with Gasteiger partial charge in [0.2, 0.25) is 0 Å². The van der Waals surface area contributed by atoms with Crippen molar-refractivity contribution >= 4 is 5.69 Å². The predicted molar refractivity (Wildman–Crippen MR) is 84.2 cm³/mol. The SMILES string of the molecule is CCc1cccc(OCCOc2ccc(OC)cc2N)c1. The van der Waals surface area contributed by atoms with Crippen LogP contribution < -0.4 is 19.9 Å². The van der Waals surface area contributed by atoms with Crippen LogP contribution >= 0.6 is 0 Å². The van der Waals surface area contributed by atoms with E-state index in [0.717, 1.165) is 12.2 Å². The van der Waals surface area contributed by atoms with Gasteiger partial charge in [0.1, 0.15) is 30.5 Å². The number of benzene rings is 2. The first kappa shape index (κ1) is 15.0. The van der Waals surface area contributed by atoms with Gasteiger partial charge < -0.3 is 19.9 Å². The standard InChI is InChI=1S/C17H21NO3/c1-3-13-5-4-6-15(11-13)20-9-10-21-17-8-7-14(19-2)12-16(17)18/h4-8,11-12H,3,9-10,18H2,1-2H3. The molecule has 2 N–H and O–H groups in total. The molecule has 21 heavy (non-hydrogen) atoms. The number of hydrogen-bond donors (Lipinski definition) is 1. The second-order valence-corrected chi connectivity index (χ2v) is 4.60. The third-order valence-electron chi connectivity index (χ3n) is 3.13. The number of nitrogen functional groups attached to an aromatic ring is 1. The molecular formula is C17H21NO3. The summed E-state index contributed by atoms with van der Waals surface area (Å²) < 4.78 is 16.4. The third kappa shape index (κ3) is 4.31. The Labute approximate surface area is 125 Å². The maximum absolute atomic E-state index is 5.88. The average Bonchev–Trinajstić information content (AvgIpc) is 2.52. The summed E-state index contributed by atoms with van der Waals surface area (Å²) in [5.41, 5.74) is 7.70. The number of nitrogens with two attached hydrogens (primary N) is 1. The van der Waals surface area contributed by atoms with Crippen LogP contribution in [-0.4, -0.2) is 20.3 Å². The number of hydrogen-bond acceptors (Lipinski definition) is 4. The van der Waals surface area contributed by atoms with E-state index in [0.29, 0.717) is 30.4 Å². The van der Waals surface area contributed by atoms with Gasteiger partial charge in [-0.2, -0.15) is 0 Å². The summed E-state index contributed by atoms with van der Waals surface area (Å²) in [6.07, 6.45) is 0.996. The number of methoxy groups -OCH3 is 1. The fraction of sp³-hybridized carbons (Fsp3) is 0.294. The topological polar surface area (TPSA) is 53.7 Å². The van der Waals surface area contributed by atoms with E-state index >= 15 is 0 Å². The molecule has 0 amide bonds. The summed E-state index contributed by atoms with van der Waals surface area (Å²) in [6.45, 7) is 3.03. The molecule has 0 saturated heterocycles. The van der Waals surface area contributed by atoms with Gasteiger partial charge in [-0.1, -0.05) is 19.1 Å². The summed E-state index contributed by atoms with van der Waals surface area (Å²) in [7, 11) is 1.60. The second-order valence-electron chi connectivity index (χ2n) is 4.60. The molecular weight excluding hydrogens is 266 g/mol. The Hall–Kier alpha value is -2.36. The summed E-state index contributed by atoms with van der Waals surface area (Å²) in [5.74, 6) is 2.22. The molecule has 0 aromatic heterocycles. The van der Waals surface area contributed by atoms with Crippen LogP contribution in [-0.2, 0) is 6.42 Å². The van der Waals surface area contributed by atoms with Crippen LogP contribution in [0.4, 0.5) is 5.69 Å². The van der Waals surface area contributed by atoms with Crippen LogP contribution in [0.15, 0.2) is 42.5 Å². The van der Waals surface area contributed by atoms with Gasteiger partial charge >= 0.3 is 0 Å². The van der Waals surface area contributed by atoms with Gasteiger partial charge in [0.15, 0.2) is 0 Å². The summed E-state index contributed by atoms with van der Waals surface area (Å²) in [5, 5.41) is 0. The molecule has 0 aliphatic heterocycles. The zero-order valence-corrected chi connectivity index (χ0v) is 12.5. The second kappa shape index (κ2) is 7.43. The third-order valence-corrected chi connectivity index (χ3v) is 3.13. The summed E-state index contributed by atoms with van der Waals surface area (Å²) in [6, 6.07) is 13.4. The van der Waals surface area contributed by atoms with Crippen molar-refractivity contribution in [2.45, 2.75) is 13.3 Å². The molecule has 0 aliphatic rings. The van der Waals surface area contributed by atoms with Crippen LogP contribution in [0, 0.1) is 0 Å². The molecule has 0 bridgehead atoms. The monoisotopic (exact) mass is 287 g/mol. The lowest BCUT2D eigenvalue weighted by atomic mass is 10.2. The zero-order chi connectivity index (χ0) is 15.1. The molecule has 0 aliphatic carbocycles. The fourth-order valence-corrected chi connectivity index (χ4v) is 1.95. The van der Waals surface area contributed by atoms with E-state index in [1.807, 2.05) is 24.3 Å². The molecule has 2 aromatic carbocycles. The van der Waals surface area contributed by atoms with Gasteiger partial charge in [-0.3, -0.25) is 0 Å². The molecule has 0 unspecified atom stereocenters. The molecule has 0 saturated carbocycles.